The number of hydrogen-bond donors (Lipinski definition) is 2. The Morgan fingerprint density at radius 2 is 2.31 bits per heavy atom. The molecule has 0 spiro atoms. The van der Waals surface area contributed by atoms with E-state index in [1.54, 1.807) is 0 Å². The van der Waals surface area contributed by atoms with Crippen molar-refractivity contribution < 1.29 is 0 Å². The predicted molar refractivity (Wildman–Crippen MR) is 67.9 cm³/mol. The Hall–Kier alpha value is -0.990. The van der Waals surface area contributed by atoms with E-state index in [1.165, 1.54) is 28.6 Å². The normalized spacial score (nSPS) is 20.0. The van der Waals surface area contributed by atoms with E-state index in [1.807, 2.05) is 6.07 Å². The lowest BCUT2D eigenvalue weighted by atomic mass is 9.86. The minimum atomic E-state index is 0.630. The molecule has 3 N–H and O–H groups in total. The van der Waals surface area contributed by atoms with Crippen LogP contribution in [-0.4, -0.2) is 11.5 Å². The quantitative estimate of drug-likeness (QED) is 0.783. The van der Waals surface area contributed by atoms with Gasteiger partial charge in [0.1, 0.15) is 0 Å². The number of benzene rings is 1. The molecule has 2 nitrogen and oxygen atoms in total. The van der Waals surface area contributed by atoms with Gasteiger partial charge in [0.15, 0.2) is 0 Å². The second-order valence-electron chi connectivity index (χ2n) is 4.62. The van der Waals surface area contributed by atoms with Crippen molar-refractivity contribution in [1.82, 2.24) is 4.98 Å². The summed E-state index contributed by atoms with van der Waals surface area (Å²) in [6.07, 6.45) is 3.40. The van der Waals surface area contributed by atoms with Crippen molar-refractivity contribution in [2.75, 3.05) is 6.54 Å². The van der Waals surface area contributed by atoms with Crippen LogP contribution >= 0.6 is 11.6 Å². The van der Waals surface area contributed by atoms with Crippen molar-refractivity contribution in [1.29, 1.82) is 0 Å². The van der Waals surface area contributed by atoms with E-state index in [0.29, 0.717) is 5.92 Å². The fraction of sp³-hybridized carbons (Fsp3) is 0.385. The maximum atomic E-state index is 6.05. The fourth-order valence-corrected chi connectivity index (χ4v) is 2.83. The number of H-pyrrole nitrogens is 1. The van der Waals surface area contributed by atoms with Gasteiger partial charge in [-0.1, -0.05) is 11.6 Å². The predicted octanol–water partition coefficient (Wildman–Crippen LogP) is 2.88. The number of fused-ring (bicyclic) bond motifs is 3. The topological polar surface area (TPSA) is 41.8 Å². The van der Waals surface area contributed by atoms with Gasteiger partial charge in [-0.15, -0.1) is 0 Å². The van der Waals surface area contributed by atoms with Crippen LogP contribution in [0.1, 0.15) is 17.7 Å². The molecule has 0 fully saturated rings. The zero-order valence-electron chi connectivity index (χ0n) is 9.09. The number of halogens is 1. The maximum Gasteiger partial charge on any atom is 0.0460 e. The summed E-state index contributed by atoms with van der Waals surface area (Å²) in [4.78, 5) is 3.49. The highest BCUT2D eigenvalue weighted by Crippen LogP contribution is 2.32. The summed E-state index contributed by atoms with van der Waals surface area (Å²) in [5.74, 6) is 0.630. The van der Waals surface area contributed by atoms with Crippen molar-refractivity contribution in [3.63, 3.8) is 0 Å². The van der Waals surface area contributed by atoms with Crippen LogP contribution in [0.4, 0.5) is 0 Å². The minimum Gasteiger partial charge on any atom is -0.358 e. The number of aryl methyl sites for hydroxylation is 1. The molecule has 1 aliphatic carbocycles. The molecule has 3 rings (SSSR count). The molecule has 0 radical (unpaired) electrons. The Bertz CT molecular complexity index is 530. The SMILES string of the molecule is NCC1CCc2[nH]c3ccc(Cl)cc3c2C1. The Labute approximate surface area is 99.8 Å². The van der Waals surface area contributed by atoms with E-state index in [-0.39, 0.29) is 0 Å². The molecule has 3 heteroatoms. The molecule has 0 bridgehead atoms. The molecule has 1 aromatic carbocycles. The molecule has 0 saturated carbocycles. The summed E-state index contributed by atoms with van der Waals surface area (Å²) >= 11 is 6.05. The molecule has 84 valence electrons. The van der Waals surface area contributed by atoms with Crippen molar-refractivity contribution >= 4 is 22.5 Å². The van der Waals surface area contributed by atoms with E-state index >= 15 is 0 Å². The molecule has 1 unspecified atom stereocenters. The van der Waals surface area contributed by atoms with Crippen molar-refractivity contribution in [3.8, 4) is 0 Å². The fourth-order valence-electron chi connectivity index (χ4n) is 2.66. The average Bonchev–Trinajstić information content (AvgIpc) is 2.66. The molecule has 2 aromatic rings. The lowest BCUT2D eigenvalue weighted by molar-refractivity contribution is 0.468. The first-order valence-corrected chi connectivity index (χ1v) is 6.15. The Kier molecular flexibility index (Phi) is 2.41. The van der Waals surface area contributed by atoms with E-state index < -0.39 is 0 Å². The van der Waals surface area contributed by atoms with Crippen LogP contribution < -0.4 is 5.73 Å². The molecule has 1 atom stereocenters. The van der Waals surface area contributed by atoms with E-state index in [0.717, 1.165) is 24.4 Å². The number of aromatic nitrogens is 1. The monoisotopic (exact) mass is 234 g/mol. The van der Waals surface area contributed by atoms with Gasteiger partial charge in [-0.25, -0.2) is 0 Å². The molecule has 0 aliphatic heterocycles. The zero-order chi connectivity index (χ0) is 11.1. The number of aromatic amines is 1. The van der Waals surface area contributed by atoms with Gasteiger partial charge < -0.3 is 10.7 Å². The van der Waals surface area contributed by atoms with Crippen LogP contribution in [-0.2, 0) is 12.8 Å². The maximum absolute atomic E-state index is 6.05. The van der Waals surface area contributed by atoms with Gasteiger partial charge in [0.05, 0.1) is 0 Å². The second-order valence-corrected chi connectivity index (χ2v) is 5.05. The van der Waals surface area contributed by atoms with Gasteiger partial charge in [-0.05, 0) is 55.5 Å². The van der Waals surface area contributed by atoms with Gasteiger partial charge in [0.25, 0.3) is 0 Å². The van der Waals surface area contributed by atoms with E-state index in [2.05, 4.69) is 17.1 Å². The summed E-state index contributed by atoms with van der Waals surface area (Å²) in [6, 6.07) is 6.06. The van der Waals surface area contributed by atoms with Crippen molar-refractivity contribution in [2.45, 2.75) is 19.3 Å². The molecule has 1 heterocycles. The van der Waals surface area contributed by atoms with E-state index in [4.69, 9.17) is 17.3 Å². The highest BCUT2D eigenvalue weighted by atomic mass is 35.5. The third-order valence-electron chi connectivity index (χ3n) is 3.59. The largest absolute Gasteiger partial charge is 0.358 e. The molecule has 1 aromatic heterocycles. The zero-order valence-corrected chi connectivity index (χ0v) is 9.85. The Morgan fingerprint density at radius 1 is 1.44 bits per heavy atom. The number of nitrogens with two attached hydrogens (primary N) is 1. The summed E-state index contributed by atoms with van der Waals surface area (Å²) in [5, 5.41) is 2.09. The molecule has 1 aliphatic rings. The smallest absolute Gasteiger partial charge is 0.0460 e. The van der Waals surface area contributed by atoms with Gasteiger partial charge in [-0.3, -0.25) is 0 Å². The first kappa shape index (κ1) is 10.2. The summed E-state index contributed by atoms with van der Waals surface area (Å²) < 4.78 is 0. The lowest BCUT2D eigenvalue weighted by Crippen LogP contribution is -2.21. The molecular weight excluding hydrogens is 220 g/mol. The summed E-state index contributed by atoms with van der Waals surface area (Å²) in [7, 11) is 0. The number of nitrogens with one attached hydrogen (secondary N) is 1. The molecule has 0 saturated heterocycles. The van der Waals surface area contributed by atoms with Crippen molar-refractivity contribution in [2.24, 2.45) is 11.7 Å². The van der Waals surface area contributed by atoms with Crippen LogP contribution in [0.3, 0.4) is 0 Å². The second kappa shape index (κ2) is 3.79. The lowest BCUT2D eigenvalue weighted by Gasteiger charge is -2.20. The standard InChI is InChI=1S/C13H15ClN2/c14-9-2-4-13-11(6-9)10-5-8(7-15)1-3-12(10)16-13/h2,4,6,8,16H,1,3,5,7,15H2. The highest BCUT2D eigenvalue weighted by Gasteiger charge is 2.21. The molecule has 0 amide bonds. The van der Waals surface area contributed by atoms with Crippen LogP contribution in [0.2, 0.25) is 5.02 Å². The van der Waals surface area contributed by atoms with Crippen LogP contribution in [0.5, 0.6) is 0 Å². The van der Waals surface area contributed by atoms with Crippen LogP contribution in [0, 0.1) is 5.92 Å². The molecular formula is C13H15ClN2. The first-order valence-electron chi connectivity index (χ1n) is 5.77. The number of hydrogen-bond acceptors (Lipinski definition) is 1. The Balaban J connectivity index is 2.15. The third kappa shape index (κ3) is 1.53. The van der Waals surface area contributed by atoms with E-state index in [9.17, 15) is 0 Å². The highest BCUT2D eigenvalue weighted by molar-refractivity contribution is 6.31. The Morgan fingerprint density at radius 3 is 3.12 bits per heavy atom. The number of rotatable bonds is 1. The summed E-state index contributed by atoms with van der Waals surface area (Å²) in [6.45, 7) is 0.784. The molecule has 16 heavy (non-hydrogen) atoms. The first-order chi connectivity index (χ1) is 7.78. The van der Waals surface area contributed by atoms with Crippen molar-refractivity contribution in [3.05, 3.63) is 34.5 Å². The van der Waals surface area contributed by atoms with Gasteiger partial charge in [0.2, 0.25) is 0 Å². The average molecular weight is 235 g/mol. The minimum absolute atomic E-state index is 0.630. The van der Waals surface area contributed by atoms with Gasteiger partial charge in [0, 0.05) is 21.6 Å². The van der Waals surface area contributed by atoms with Crippen LogP contribution in [0.25, 0.3) is 10.9 Å². The van der Waals surface area contributed by atoms with Gasteiger partial charge in [-0.2, -0.15) is 0 Å². The summed E-state index contributed by atoms with van der Waals surface area (Å²) in [5.41, 5.74) is 9.77. The van der Waals surface area contributed by atoms with Gasteiger partial charge >= 0.3 is 0 Å². The van der Waals surface area contributed by atoms with Crippen LogP contribution in [0.15, 0.2) is 18.2 Å². The third-order valence-corrected chi connectivity index (χ3v) is 3.82.